The molecule has 0 aliphatic carbocycles. The van der Waals surface area contributed by atoms with E-state index in [-0.39, 0.29) is 24.9 Å². The van der Waals surface area contributed by atoms with Gasteiger partial charge in [-0.25, -0.2) is 4.39 Å². The number of rotatable bonds is 7. The number of benzene rings is 2. The van der Waals surface area contributed by atoms with Crippen LogP contribution in [0, 0.1) is 5.82 Å². The van der Waals surface area contributed by atoms with E-state index < -0.39 is 0 Å². The van der Waals surface area contributed by atoms with Crippen molar-refractivity contribution in [1.29, 1.82) is 0 Å². The Morgan fingerprint density at radius 3 is 2.52 bits per heavy atom. The number of ether oxygens (including phenoxy) is 2. The van der Waals surface area contributed by atoms with E-state index in [9.17, 15) is 9.18 Å². The van der Waals surface area contributed by atoms with Crippen LogP contribution in [0.5, 0.6) is 11.5 Å². The molecule has 0 spiro atoms. The Morgan fingerprint density at radius 1 is 1.13 bits per heavy atom. The molecule has 0 bridgehead atoms. The maximum Gasteiger partial charge on any atom is 0.262 e. The zero-order valence-electron chi connectivity index (χ0n) is 12.7. The summed E-state index contributed by atoms with van der Waals surface area (Å²) in [5.41, 5.74) is 1.18. The molecule has 2 rings (SSSR count). The second-order valence-corrected chi connectivity index (χ2v) is 4.72. The van der Waals surface area contributed by atoms with Crippen LogP contribution in [-0.2, 0) is 11.4 Å². The maximum absolute atomic E-state index is 12.8. The molecule has 2 aromatic carbocycles. The summed E-state index contributed by atoms with van der Waals surface area (Å²) in [5.74, 6) is 0.141. The van der Waals surface area contributed by atoms with Gasteiger partial charge in [-0.15, -0.1) is 0 Å². The lowest BCUT2D eigenvalue weighted by molar-refractivity contribution is -0.118. The van der Waals surface area contributed by atoms with Gasteiger partial charge in [0, 0.05) is 5.69 Å². The lowest BCUT2D eigenvalue weighted by atomic mass is 10.2. The van der Waals surface area contributed by atoms with Gasteiger partial charge in [0.15, 0.2) is 18.1 Å². The molecular formula is C17H18FNO4. The number of nitrogens with one attached hydrogen (secondary N) is 1. The predicted octanol–water partition coefficient (Wildman–Crippen LogP) is 2.73. The minimum atomic E-state index is -0.371. The third kappa shape index (κ3) is 4.96. The third-order valence-corrected chi connectivity index (χ3v) is 2.98. The fraction of sp³-hybridized carbons (Fsp3) is 0.235. The minimum absolute atomic E-state index is 0.106. The quantitative estimate of drug-likeness (QED) is 0.823. The van der Waals surface area contributed by atoms with E-state index in [2.05, 4.69) is 5.32 Å². The number of carbonyl (C=O) groups is 1. The van der Waals surface area contributed by atoms with Crippen LogP contribution in [0.3, 0.4) is 0 Å². The van der Waals surface area contributed by atoms with Gasteiger partial charge in [-0.3, -0.25) is 4.79 Å². The number of anilines is 1. The Bertz CT molecular complexity index is 658. The van der Waals surface area contributed by atoms with Crippen LogP contribution in [0.15, 0.2) is 42.5 Å². The van der Waals surface area contributed by atoms with Crippen molar-refractivity contribution in [2.24, 2.45) is 0 Å². The topological polar surface area (TPSA) is 67.8 Å². The van der Waals surface area contributed by atoms with Gasteiger partial charge < -0.3 is 19.9 Å². The summed E-state index contributed by atoms with van der Waals surface area (Å²) in [4.78, 5) is 11.9. The van der Waals surface area contributed by atoms with Gasteiger partial charge in [-0.05, 0) is 48.9 Å². The second-order valence-electron chi connectivity index (χ2n) is 4.72. The molecule has 0 atom stereocenters. The Kier molecular flexibility index (Phi) is 5.94. The maximum atomic E-state index is 12.8. The molecule has 0 aliphatic rings. The highest BCUT2D eigenvalue weighted by Gasteiger charge is 2.09. The van der Waals surface area contributed by atoms with Crippen LogP contribution >= 0.6 is 0 Å². The molecule has 0 saturated carbocycles. The molecule has 0 fully saturated rings. The lowest BCUT2D eigenvalue weighted by Crippen LogP contribution is -2.20. The zero-order valence-corrected chi connectivity index (χ0v) is 12.7. The van der Waals surface area contributed by atoms with E-state index in [4.69, 9.17) is 14.6 Å². The average molecular weight is 319 g/mol. The smallest absolute Gasteiger partial charge is 0.262 e. The first kappa shape index (κ1) is 16.8. The molecule has 2 N–H and O–H groups in total. The first-order valence-corrected chi connectivity index (χ1v) is 7.17. The minimum Gasteiger partial charge on any atom is -0.490 e. The van der Waals surface area contributed by atoms with Gasteiger partial charge in [0.1, 0.15) is 5.82 Å². The number of carbonyl (C=O) groups excluding carboxylic acids is 1. The monoisotopic (exact) mass is 319 g/mol. The van der Waals surface area contributed by atoms with Crippen LogP contribution < -0.4 is 14.8 Å². The van der Waals surface area contributed by atoms with Crippen LogP contribution in [0.1, 0.15) is 12.5 Å². The normalized spacial score (nSPS) is 10.2. The van der Waals surface area contributed by atoms with Gasteiger partial charge in [0.25, 0.3) is 5.91 Å². The number of halogens is 1. The lowest BCUT2D eigenvalue weighted by Gasteiger charge is -2.13. The molecule has 0 heterocycles. The summed E-state index contributed by atoms with van der Waals surface area (Å²) >= 11 is 0. The number of hydrogen-bond acceptors (Lipinski definition) is 4. The predicted molar refractivity (Wildman–Crippen MR) is 84.1 cm³/mol. The molecule has 0 saturated heterocycles. The summed E-state index contributed by atoms with van der Waals surface area (Å²) in [5, 5.41) is 11.7. The van der Waals surface area contributed by atoms with Crippen molar-refractivity contribution >= 4 is 11.6 Å². The van der Waals surface area contributed by atoms with E-state index in [1.807, 2.05) is 6.92 Å². The van der Waals surface area contributed by atoms with Crippen molar-refractivity contribution in [2.75, 3.05) is 18.5 Å². The zero-order chi connectivity index (χ0) is 16.7. The van der Waals surface area contributed by atoms with Gasteiger partial charge in [0.2, 0.25) is 0 Å². The summed E-state index contributed by atoms with van der Waals surface area (Å²) in [6, 6.07) is 10.5. The Hall–Kier alpha value is -2.60. The first-order chi connectivity index (χ1) is 11.1. The van der Waals surface area contributed by atoms with Gasteiger partial charge >= 0.3 is 0 Å². The van der Waals surface area contributed by atoms with Crippen LogP contribution in [0.4, 0.5) is 10.1 Å². The van der Waals surface area contributed by atoms with E-state index >= 15 is 0 Å². The molecule has 0 radical (unpaired) electrons. The standard InChI is InChI=1S/C17H18FNO4/c1-2-22-16-9-12(10-20)3-8-15(16)23-11-17(21)19-14-6-4-13(18)5-7-14/h3-9,20H,2,10-11H2,1H3,(H,19,21). The highest BCUT2D eigenvalue weighted by atomic mass is 19.1. The van der Waals surface area contributed by atoms with Crippen molar-refractivity contribution in [3.05, 3.63) is 53.8 Å². The molecule has 122 valence electrons. The molecular weight excluding hydrogens is 301 g/mol. The molecule has 6 heteroatoms. The Morgan fingerprint density at radius 2 is 1.87 bits per heavy atom. The van der Waals surface area contributed by atoms with Gasteiger partial charge in [-0.2, -0.15) is 0 Å². The second kappa shape index (κ2) is 8.14. The fourth-order valence-corrected chi connectivity index (χ4v) is 1.91. The van der Waals surface area contributed by atoms with Crippen molar-refractivity contribution in [2.45, 2.75) is 13.5 Å². The van der Waals surface area contributed by atoms with Crippen molar-refractivity contribution in [3.8, 4) is 11.5 Å². The summed E-state index contributed by atoms with van der Waals surface area (Å²) in [7, 11) is 0. The largest absolute Gasteiger partial charge is 0.490 e. The van der Waals surface area contributed by atoms with Crippen LogP contribution in [0.2, 0.25) is 0 Å². The number of hydrogen-bond donors (Lipinski definition) is 2. The highest BCUT2D eigenvalue weighted by molar-refractivity contribution is 5.91. The van der Waals surface area contributed by atoms with E-state index in [1.54, 1.807) is 18.2 Å². The Balaban J connectivity index is 1.96. The fourth-order valence-electron chi connectivity index (χ4n) is 1.91. The molecule has 23 heavy (non-hydrogen) atoms. The van der Waals surface area contributed by atoms with E-state index in [1.165, 1.54) is 24.3 Å². The third-order valence-electron chi connectivity index (χ3n) is 2.98. The number of aliphatic hydroxyl groups is 1. The number of amides is 1. The number of aliphatic hydroxyl groups excluding tert-OH is 1. The van der Waals surface area contributed by atoms with Crippen molar-refractivity contribution in [3.63, 3.8) is 0 Å². The molecule has 0 aliphatic heterocycles. The summed E-state index contributed by atoms with van der Waals surface area (Å²) in [6.45, 7) is 1.95. The molecule has 0 aromatic heterocycles. The first-order valence-electron chi connectivity index (χ1n) is 7.17. The molecule has 5 nitrogen and oxygen atoms in total. The summed E-state index contributed by atoms with van der Waals surface area (Å²) in [6.07, 6.45) is 0. The van der Waals surface area contributed by atoms with E-state index in [0.717, 1.165) is 0 Å². The summed E-state index contributed by atoms with van der Waals surface area (Å²) < 4.78 is 23.7. The van der Waals surface area contributed by atoms with Crippen molar-refractivity contribution in [1.82, 2.24) is 0 Å². The average Bonchev–Trinajstić information content (AvgIpc) is 2.56. The molecule has 1 amide bonds. The molecule has 2 aromatic rings. The Labute approximate surface area is 133 Å². The van der Waals surface area contributed by atoms with Gasteiger partial charge in [-0.1, -0.05) is 6.07 Å². The van der Waals surface area contributed by atoms with E-state index in [0.29, 0.717) is 29.4 Å². The SMILES string of the molecule is CCOc1cc(CO)ccc1OCC(=O)Nc1ccc(F)cc1. The van der Waals surface area contributed by atoms with Crippen molar-refractivity contribution < 1.29 is 23.8 Å². The van der Waals surface area contributed by atoms with Gasteiger partial charge in [0.05, 0.1) is 13.2 Å². The van der Waals surface area contributed by atoms with Crippen LogP contribution in [-0.4, -0.2) is 24.2 Å². The van der Waals surface area contributed by atoms with Crippen LogP contribution in [0.25, 0.3) is 0 Å². The molecule has 0 unspecified atom stereocenters. The highest BCUT2D eigenvalue weighted by Crippen LogP contribution is 2.28.